The third-order valence-electron chi connectivity index (χ3n) is 5.28. The van der Waals surface area contributed by atoms with Crippen LogP contribution in [0.3, 0.4) is 0 Å². The van der Waals surface area contributed by atoms with E-state index in [1.54, 1.807) is 32.0 Å². The van der Waals surface area contributed by atoms with E-state index in [1.807, 2.05) is 0 Å². The van der Waals surface area contributed by atoms with Gasteiger partial charge in [0.15, 0.2) is 17.3 Å². The molecule has 164 valence electrons. The molecular formula is C21H29N3O6. The van der Waals surface area contributed by atoms with Gasteiger partial charge in [-0.2, -0.15) is 0 Å². The summed E-state index contributed by atoms with van der Waals surface area (Å²) in [6, 6.07) is 3.59. The number of amides is 3. The van der Waals surface area contributed by atoms with Crippen LogP contribution in [-0.2, 0) is 19.2 Å². The van der Waals surface area contributed by atoms with Crippen molar-refractivity contribution < 1.29 is 28.7 Å². The number of methoxy groups -OCH3 is 2. The molecule has 1 fully saturated rings. The molecule has 1 aliphatic rings. The lowest BCUT2D eigenvalue weighted by Crippen LogP contribution is -2.49. The van der Waals surface area contributed by atoms with E-state index in [2.05, 4.69) is 10.6 Å². The topological polar surface area (TPSA) is 137 Å². The summed E-state index contributed by atoms with van der Waals surface area (Å²) in [5.74, 6) is -3.12. The Balaban J connectivity index is 2.09. The molecule has 0 spiro atoms. The zero-order valence-corrected chi connectivity index (χ0v) is 17.9. The number of ether oxygens (including phenoxy) is 2. The zero-order chi connectivity index (χ0) is 22.6. The minimum absolute atomic E-state index is 0.0721. The Bertz CT molecular complexity index is 838. The number of hydrogen-bond donors (Lipinski definition) is 3. The standard InChI is InChI=1S/C21H29N3O6/c1-10(2)18(19(26)17-11(3)20(27)24-21(17)28)23-16(25)9-13(22)12-6-7-14(29-4)15(8-12)30-5/h6-8,10-11,13,17-18H,9,22H2,1-5H3,(H,23,25)(H,24,27,28)/t11-,13?,17+,18-/m0/s1. The van der Waals surface area contributed by atoms with Gasteiger partial charge >= 0.3 is 0 Å². The second kappa shape index (κ2) is 9.71. The summed E-state index contributed by atoms with van der Waals surface area (Å²) in [6.07, 6.45) is -0.0721. The number of rotatable bonds is 9. The predicted molar refractivity (Wildman–Crippen MR) is 109 cm³/mol. The Morgan fingerprint density at radius 2 is 1.77 bits per heavy atom. The van der Waals surface area contributed by atoms with Crippen molar-refractivity contribution in [1.29, 1.82) is 0 Å². The van der Waals surface area contributed by atoms with Crippen molar-refractivity contribution in [1.82, 2.24) is 10.6 Å². The van der Waals surface area contributed by atoms with Gasteiger partial charge in [0.1, 0.15) is 5.92 Å². The van der Waals surface area contributed by atoms with Crippen LogP contribution >= 0.6 is 0 Å². The first kappa shape index (κ1) is 23.3. The van der Waals surface area contributed by atoms with Crippen molar-refractivity contribution in [2.75, 3.05) is 14.2 Å². The smallest absolute Gasteiger partial charge is 0.238 e. The van der Waals surface area contributed by atoms with Crippen molar-refractivity contribution in [3.05, 3.63) is 23.8 Å². The van der Waals surface area contributed by atoms with E-state index in [9.17, 15) is 19.2 Å². The molecule has 0 aliphatic carbocycles. The van der Waals surface area contributed by atoms with Gasteiger partial charge in [0.25, 0.3) is 0 Å². The van der Waals surface area contributed by atoms with Crippen LogP contribution in [0.2, 0.25) is 0 Å². The van der Waals surface area contributed by atoms with Gasteiger partial charge in [-0.25, -0.2) is 0 Å². The zero-order valence-electron chi connectivity index (χ0n) is 17.9. The average Bonchev–Trinajstić information content (AvgIpc) is 2.96. The third kappa shape index (κ3) is 4.96. The third-order valence-corrected chi connectivity index (χ3v) is 5.28. The SMILES string of the molecule is COc1ccc(C(N)CC(=O)N[C@H](C(=O)[C@@H]2C(=O)NC(=O)[C@H]2C)C(C)C)cc1OC. The Labute approximate surface area is 175 Å². The van der Waals surface area contributed by atoms with Crippen molar-refractivity contribution >= 4 is 23.5 Å². The largest absolute Gasteiger partial charge is 0.493 e. The highest BCUT2D eigenvalue weighted by molar-refractivity contribution is 6.16. The van der Waals surface area contributed by atoms with E-state index in [0.29, 0.717) is 17.1 Å². The molecule has 30 heavy (non-hydrogen) atoms. The molecule has 1 aromatic rings. The minimum atomic E-state index is -1.11. The molecule has 1 saturated heterocycles. The lowest BCUT2D eigenvalue weighted by Gasteiger charge is -2.25. The van der Waals surface area contributed by atoms with E-state index < -0.39 is 47.4 Å². The molecule has 4 N–H and O–H groups in total. The lowest BCUT2D eigenvalue weighted by atomic mass is 9.85. The van der Waals surface area contributed by atoms with Crippen LogP contribution in [0.25, 0.3) is 0 Å². The van der Waals surface area contributed by atoms with Gasteiger partial charge in [-0.15, -0.1) is 0 Å². The molecule has 1 unspecified atom stereocenters. The predicted octanol–water partition coefficient (Wildman–Crippen LogP) is 0.712. The second-order valence-corrected chi connectivity index (χ2v) is 7.74. The van der Waals surface area contributed by atoms with E-state index in [1.165, 1.54) is 21.1 Å². The molecular weight excluding hydrogens is 390 g/mol. The Morgan fingerprint density at radius 3 is 2.27 bits per heavy atom. The summed E-state index contributed by atoms with van der Waals surface area (Å²) < 4.78 is 10.4. The molecule has 3 amide bonds. The lowest BCUT2D eigenvalue weighted by molar-refractivity contribution is -0.137. The van der Waals surface area contributed by atoms with E-state index >= 15 is 0 Å². The summed E-state index contributed by atoms with van der Waals surface area (Å²) in [7, 11) is 3.02. The minimum Gasteiger partial charge on any atom is -0.493 e. The van der Waals surface area contributed by atoms with Gasteiger partial charge in [0.05, 0.1) is 26.2 Å². The highest BCUT2D eigenvalue weighted by Gasteiger charge is 2.46. The molecule has 1 heterocycles. The highest BCUT2D eigenvalue weighted by atomic mass is 16.5. The number of imide groups is 1. The molecule has 1 aromatic carbocycles. The van der Waals surface area contributed by atoms with Crippen LogP contribution < -0.4 is 25.8 Å². The number of hydrogen-bond acceptors (Lipinski definition) is 7. The molecule has 0 radical (unpaired) electrons. The highest BCUT2D eigenvalue weighted by Crippen LogP contribution is 2.30. The number of benzene rings is 1. The molecule has 1 aliphatic heterocycles. The average molecular weight is 419 g/mol. The molecule has 0 saturated carbocycles. The molecule has 2 rings (SSSR count). The number of nitrogens with two attached hydrogens (primary N) is 1. The first-order valence-electron chi connectivity index (χ1n) is 9.76. The maximum atomic E-state index is 12.9. The summed E-state index contributed by atoms with van der Waals surface area (Å²) in [5.41, 5.74) is 6.84. The van der Waals surface area contributed by atoms with Crippen LogP contribution in [0.15, 0.2) is 18.2 Å². The number of carbonyl (C=O) groups is 4. The van der Waals surface area contributed by atoms with Gasteiger partial charge in [0, 0.05) is 12.5 Å². The molecule has 4 atom stereocenters. The van der Waals surface area contributed by atoms with Gasteiger partial charge in [-0.3, -0.25) is 24.5 Å². The fourth-order valence-corrected chi connectivity index (χ4v) is 3.46. The van der Waals surface area contributed by atoms with Crippen LogP contribution in [0.5, 0.6) is 11.5 Å². The van der Waals surface area contributed by atoms with Crippen molar-refractivity contribution in [2.24, 2.45) is 23.5 Å². The normalized spacial score (nSPS) is 20.5. The molecule has 0 bridgehead atoms. The van der Waals surface area contributed by atoms with Gasteiger partial charge in [-0.1, -0.05) is 26.8 Å². The maximum Gasteiger partial charge on any atom is 0.238 e. The first-order valence-corrected chi connectivity index (χ1v) is 9.76. The number of ketones is 1. The molecule has 9 nitrogen and oxygen atoms in total. The van der Waals surface area contributed by atoms with Crippen molar-refractivity contribution in [3.8, 4) is 11.5 Å². The van der Waals surface area contributed by atoms with Crippen molar-refractivity contribution in [3.63, 3.8) is 0 Å². The number of carbonyl (C=O) groups excluding carboxylic acids is 4. The Kier molecular flexibility index (Phi) is 7.55. The summed E-state index contributed by atoms with van der Waals surface area (Å²) >= 11 is 0. The summed E-state index contributed by atoms with van der Waals surface area (Å²) in [5, 5.41) is 4.85. The van der Waals surface area contributed by atoms with Crippen LogP contribution in [0, 0.1) is 17.8 Å². The van der Waals surface area contributed by atoms with E-state index in [4.69, 9.17) is 15.2 Å². The fourth-order valence-electron chi connectivity index (χ4n) is 3.46. The van der Waals surface area contributed by atoms with Gasteiger partial charge < -0.3 is 20.5 Å². The van der Waals surface area contributed by atoms with E-state index in [-0.39, 0.29) is 12.3 Å². The Hall–Kier alpha value is -2.94. The van der Waals surface area contributed by atoms with Crippen LogP contribution in [0.4, 0.5) is 0 Å². The maximum absolute atomic E-state index is 12.9. The number of nitrogens with one attached hydrogen (secondary N) is 2. The quantitative estimate of drug-likeness (QED) is 0.396. The Morgan fingerprint density at radius 1 is 1.13 bits per heavy atom. The van der Waals surface area contributed by atoms with Gasteiger partial charge in [-0.05, 0) is 23.6 Å². The summed E-state index contributed by atoms with van der Waals surface area (Å²) in [4.78, 5) is 49.2. The van der Waals surface area contributed by atoms with E-state index in [0.717, 1.165) is 0 Å². The number of Topliss-reactive ketones (excluding diaryl/α,β-unsaturated/α-hetero) is 1. The van der Waals surface area contributed by atoms with Crippen LogP contribution in [0.1, 0.15) is 38.8 Å². The molecule has 0 aromatic heterocycles. The van der Waals surface area contributed by atoms with Gasteiger partial charge in [0.2, 0.25) is 17.7 Å². The fraction of sp³-hybridized carbons (Fsp3) is 0.524. The second-order valence-electron chi connectivity index (χ2n) is 7.74. The van der Waals surface area contributed by atoms with Crippen LogP contribution in [-0.4, -0.2) is 43.8 Å². The molecule has 9 heteroatoms. The first-order chi connectivity index (χ1) is 14.1. The van der Waals surface area contributed by atoms with Crippen molar-refractivity contribution in [2.45, 2.75) is 39.3 Å². The summed E-state index contributed by atoms with van der Waals surface area (Å²) in [6.45, 7) is 5.04. The monoisotopic (exact) mass is 419 g/mol.